The van der Waals surface area contributed by atoms with Crippen molar-refractivity contribution in [2.75, 3.05) is 42.9 Å². The number of piperidine rings is 1. The second kappa shape index (κ2) is 7.19. The molecule has 0 amide bonds. The summed E-state index contributed by atoms with van der Waals surface area (Å²) in [5.74, 6) is 1.08. The summed E-state index contributed by atoms with van der Waals surface area (Å²) in [5, 5.41) is 3.45. The number of aromatic nitrogens is 1. The van der Waals surface area contributed by atoms with Crippen LogP contribution >= 0.6 is 0 Å². The van der Waals surface area contributed by atoms with Crippen molar-refractivity contribution in [3.8, 4) is 0 Å². The lowest BCUT2D eigenvalue weighted by molar-refractivity contribution is 0.147. The molecule has 0 spiro atoms. The Morgan fingerprint density at radius 2 is 2.09 bits per heavy atom. The molecule has 1 aromatic heterocycles. The fraction of sp³-hybridized carbons (Fsp3) is 0.706. The van der Waals surface area contributed by atoms with Crippen LogP contribution in [0.5, 0.6) is 0 Å². The molecule has 0 saturated carbocycles. The SMILES string of the molecule is C[Si](C)(C)CCOCN1CN(C2CCNCC2)c2cccnc21. The van der Waals surface area contributed by atoms with Crippen molar-refractivity contribution in [3.63, 3.8) is 0 Å². The average Bonchev–Trinajstić information content (AvgIpc) is 2.91. The van der Waals surface area contributed by atoms with Gasteiger partial charge in [0.2, 0.25) is 0 Å². The molecule has 0 radical (unpaired) electrons. The van der Waals surface area contributed by atoms with Crippen molar-refractivity contribution in [3.05, 3.63) is 18.3 Å². The smallest absolute Gasteiger partial charge is 0.155 e. The van der Waals surface area contributed by atoms with Gasteiger partial charge < -0.3 is 19.9 Å². The molecule has 1 fully saturated rings. The number of hydrogen-bond acceptors (Lipinski definition) is 5. The Morgan fingerprint density at radius 1 is 1.30 bits per heavy atom. The normalized spacial score (nSPS) is 19.3. The highest BCUT2D eigenvalue weighted by atomic mass is 28.3. The standard InChI is InChI=1S/C17H30N4OSi/c1-23(2,3)12-11-22-14-20-13-21(15-6-9-18-10-7-15)16-5-4-8-19-17(16)20/h4-5,8,15,18H,6-7,9-14H2,1-3H3. The van der Waals surface area contributed by atoms with E-state index in [0.717, 1.165) is 32.2 Å². The Labute approximate surface area is 141 Å². The number of ether oxygens (including phenoxy) is 1. The molecule has 2 aliphatic heterocycles. The molecule has 0 bridgehead atoms. The van der Waals surface area contributed by atoms with Crippen LogP contribution in [0.25, 0.3) is 0 Å². The molecule has 0 unspecified atom stereocenters. The van der Waals surface area contributed by atoms with Gasteiger partial charge in [0.1, 0.15) is 6.73 Å². The number of rotatable bonds is 6. The summed E-state index contributed by atoms with van der Waals surface area (Å²) >= 11 is 0. The molecule has 5 nitrogen and oxygen atoms in total. The van der Waals surface area contributed by atoms with Crippen molar-refractivity contribution in [1.29, 1.82) is 0 Å². The maximum absolute atomic E-state index is 5.97. The van der Waals surface area contributed by atoms with E-state index in [1.165, 1.54) is 24.6 Å². The number of hydrogen-bond donors (Lipinski definition) is 1. The second-order valence-corrected chi connectivity index (χ2v) is 13.4. The number of pyridine rings is 1. The third kappa shape index (κ3) is 4.25. The van der Waals surface area contributed by atoms with Gasteiger partial charge in [-0.15, -0.1) is 0 Å². The maximum atomic E-state index is 5.97. The molecule has 1 aromatic rings. The molecule has 3 heterocycles. The first-order valence-electron chi connectivity index (χ1n) is 8.80. The zero-order chi connectivity index (χ0) is 16.3. The molecular formula is C17H30N4OSi. The van der Waals surface area contributed by atoms with Crippen LogP contribution in [0.15, 0.2) is 18.3 Å². The molecular weight excluding hydrogens is 304 g/mol. The van der Waals surface area contributed by atoms with Gasteiger partial charge in [-0.2, -0.15) is 0 Å². The first-order chi connectivity index (χ1) is 11.0. The lowest BCUT2D eigenvalue weighted by Gasteiger charge is -2.33. The molecule has 0 atom stereocenters. The van der Waals surface area contributed by atoms with Crippen molar-refractivity contribution >= 4 is 19.6 Å². The van der Waals surface area contributed by atoms with Crippen molar-refractivity contribution in [1.82, 2.24) is 10.3 Å². The minimum absolute atomic E-state index is 0.617. The molecule has 128 valence electrons. The third-order valence-electron chi connectivity index (χ3n) is 4.69. The summed E-state index contributed by atoms with van der Waals surface area (Å²) in [5.41, 5.74) is 1.27. The highest BCUT2D eigenvalue weighted by Gasteiger charge is 2.32. The monoisotopic (exact) mass is 334 g/mol. The van der Waals surface area contributed by atoms with E-state index < -0.39 is 8.07 Å². The average molecular weight is 335 g/mol. The Morgan fingerprint density at radius 3 is 2.83 bits per heavy atom. The molecule has 3 rings (SSSR count). The molecule has 0 aromatic carbocycles. The second-order valence-electron chi connectivity index (χ2n) is 7.83. The fourth-order valence-electron chi connectivity index (χ4n) is 3.27. The predicted octanol–water partition coefficient (Wildman–Crippen LogP) is 2.73. The number of nitrogens with zero attached hydrogens (tertiary/aromatic N) is 3. The number of nitrogens with one attached hydrogen (secondary N) is 1. The lowest BCUT2D eigenvalue weighted by atomic mass is 10.1. The summed E-state index contributed by atoms with van der Waals surface area (Å²) in [6.45, 7) is 11.8. The molecule has 23 heavy (non-hydrogen) atoms. The molecule has 2 aliphatic rings. The van der Waals surface area contributed by atoms with E-state index in [1.54, 1.807) is 0 Å². The van der Waals surface area contributed by atoms with E-state index >= 15 is 0 Å². The van der Waals surface area contributed by atoms with Gasteiger partial charge in [0.15, 0.2) is 5.82 Å². The Balaban J connectivity index is 1.61. The predicted molar refractivity (Wildman–Crippen MR) is 98.9 cm³/mol. The molecule has 0 aliphatic carbocycles. The van der Waals surface area contributed by atoms with Crippen LogP contribution in [0.1, 0.15) is 12.8 Å². The van der Waals surface area contributed by atoms with Gasteiger partial charge in [0.25, 0.3) is 0 Å². The summed E-state index contributed by atoms with van der Waals surface area (Å²) in [6.07, 6.45) is 4.30. The van der Waals surface area contributed by atoms with E-state index in [1.807, 2.05) is 12.3 Å². The van der Waals surface area contributed by atoms with Gasteiger partial charge in [0.05, 0.1) is 12.4 Å². The van der Waals surface area contributed by atoms with Crippen LogP contribution in [0, 0.1) is 0 Å². The minimum Gasteiger partial charge on any atom is -0.361 e. The molecule has 1 saturated heterocycles. The van der Waals surface area contributed by atoms with Crippen molar-refractivity contribution in [2.45, 2.75) is 44.6 Å². The van der Waals surface area contributed by atoms with E-state index in [9.17, 15) is 0 Å². The van der Waals surface area contributed by atoms with Gasteiger partial charge >= 0.3 is 0 Å². The van der Waals surface area contributed by atoms with E-state index in [0.29, 0.717) is 12.8 Å². The van der Waals surface area contributed by atoms with E-state index in [-0.39, 0.29) is 0 Å². The van der Waals surface area contributed by atoms with Crippen LogP contribution in [-0.2, 0) is 4.74 Å². The van der Waals surface area contributed by atoms with Crippen LogP contribution in [0.2, 0.25) is 25.7 Å². The van der Waals surface area contributed by atoms with Gasteiger partial charge in [0, 0.05) is 26.9 Å². The number of anilines is 2. The van der Waals surface area contributed by atoms with E-state index in [2.05, 4.69) is 45.8 Å². The van der Waals surface area contributed by atoms with Crippen molar-refractivity contribution in [2.24, 2.45) is 0 Å². The highest BCUT2D eigenvalue weighted by Crippen LogP contribution is 2.36. The quantitative estimate of drug-likeness (QED) is 0.640. The Hall–Kier alpha value is -1.11. The molecule has 6 heteroatoms. The minimum atomic E-state index is -1.02. The topological polar surface area (TPSA) is 40.6 Å². The molecule has 1 N–H and O–H groups in total. The van der Waals surface area contributed by atoms with Crippen LogP contribution in [-0.4, -0.2) is 52.2 Å². The van der Waals surface area contributed by atoms with Gasteiger partial charge in [-0.1, -0.05) is 19.6 Å². The van der Waals surface area contributed by atoms with Crippen LogP contribution in [0.4, 0.5) is 11.5 Å². The van der Waals surface area contributed by atoms with Crippen molar-refractivity contribution < 1.29 is 4.74 Å². The van der Waals surface area contributed by atoms with Crippen LogP contribution in [0.3, 0.4) is 0 Å². The summed E-state index contributed by atoms with van der Waals surface area (Å²) in [4.78, 5) is 9.41. The highest BCUT2D eigenvalue weighted by molar-refractivity contribution is 6.76. The lowest BCUT2D eigenvalue weighted by Crippen LogP contribution is -2.45. The maximum Gasteiger partial charge on any atom is 0.155 e. The third-order valence-corrected chi connectivity index (χ3v) is 6.40. The fourth-order valence-corrected chi connectivity index (χ4v) is 4.03. The Kier molecular flexibility index (Phi) is 5.23. The van der Waals surface area contributed by atoms with Gasteiger partial charge in [-0.25, -0.2) is 4.98 Å². The summed E-state index contributed by atoms with van der Waals surface area (Å²) < 4.78 is 5.97. The first kappa shape index (κ1) is 16.7. The van der Waals surface area contributed by atoms with Gasteiger partial charge in [-0.3, -0.25) is 0 Å². The number of fused-ring (bicyclic) bond motifs is 1. The van der Waals surface area contributed by atoms with Crippen LogP contribution < -0.4 is 15.1 Å². The van der Waals surface area contributed by atoms with E-state index in [4.69, 9.17) is 4.74 Å². The first-order valence-corrected chi connectivity index (χ1v) is 12.5. The Bertz CT molecular complexity index is 514. The van der Waals surface area contributed by atoms with Gasteiger partial charge in [-0.05, 0) is 44.1 Å². The zero-order valence-corrected chi connectivity index (χ0v) is 15.7. The largest absolute Gasteiger partial charge is 0.361 e. The zero-order valence-electron chi connectivity index (χ0n) is 14.7. The summed E-state index contributed by atoms with van der Waals surface area (Å²) in [7, 11) is -1.02. The summed E-state index contributed by atoms with van der Waals surface area (Å²) in [6, 6.07) is 6.08.